The highest BCUT2D eigenvalue weighted by atomic mass is 16.5. The molecule has 8 nitrogen and oxygen atoms in total. The van der Waals surface area contributed by atoms with Crippen LogP contribution in [0.1, 0.15) is 96.5 Å². The quantitative estimate of drug-likeness (QED) is 0.0725. The fraction of sp³-hybridized carbons (Fsp3) is 0.400. The van der Waals surface area contributed by atoms with Gasteiger partial charge >= 0.3 is 0 Å². The van der Waals surface area contributed by atoms with E-state index >= 15 is 0 Å². The predicted octanol–water partition coefficient (Wildman–Crippen LogP) is 11.2. The summed E-state index contributed by atoms with van der Waals surface area (Å²) < 4.78 is 24.0. The molecule has 0 unspecified atom stereocenters. The highest BCUT2D eigenvalue weighted by Gasteiger charge is 2.17. The topological polar surface area (TPSA) is 96.3 Å². The number of benzene rings is 3. The Morgan fingerprint density at radius 2 is 0.938 bits per heavy atom. The smallest absolute Gasteiger partial charge is 0.248 e. The summed E-state index contributed by atoms with van der Waals surface area (Å²) in [5.41, 5.74) is 4.00. The molecule has 8 heteroatoms. The van der Waals surface area contributed by atoms with Crippen molar-refractivity contribution in [3.63, 3.8) is 0 Å². The van der Waals surface area contributed by atoms with E-state index in [0.717, 1.165) is 65.4 Å². The average molecular weight is 649 g/mol. The predicted molar refractivity (Wildman–Crippen MR) is 192 cm³/mol. The van der Waals surface area contributed by atoms with Gasteiger partial charge in [0, 0.05) is 22.3 Å². The molecule has 0 amide bonds. The lowest BCUT2D eigenvalue weighted by molar-refractivity contribution is 0.304. The van der Waals surface area contributed by atoms with Crippen LogP contribution < -0.4 is 9.47 Å². The van der Waals surface area contributed by atoms with Crippen LogP contribution in [0.3, 0.4) is 0 Å². The molecule has 0 radical (unpaired) electrons. The van der Waals surface area contributed by atoms with E-state index in [-0.39, 0.29) is 0 Å². The van der Waals surface area contributed by atoms with Crippen LogP contribution in [0.2, 0.25) is 0 Å². The monoisotopic (exact) mass is 648 g/mol. The SMILES string of the molecule is C=Cc1cc(-c2nnc(-c3ccc(OCCCCCCCC)cc3)o2)ccc1-c1nnc(-c2ccc(OCCCCCCCC)cc2)o1. The Morgan fingerprint density at radius 1 is 0.521 bits per heavy atom. The maximum atomic E-state index is 6.08. The van der Waals surface area contributed by atoms with Crippen LogP contribution in [0, 0.1) is 0 Å². The van der Waals surface area contributed by atoms with Crippen LogP contribution in [0.4, 0.5) is 0 Å². The summed E-state index contributed by atoms with van der Waals surface area (Å²) in [4.78, 5) is 0. The molecule has 0 fully saturated rings. The minimum absolute atomic E-state index is 0.403. The van der Waals surface area contributed by atoms with Gasteiger partial charge in [0.15, 0.2) is 0 Å². The molecule has 0 atom stereocenters. The van der Waals surface area contributed by atoms with Gasteiger partial charge in [0.1, 0.15) is 11.5 Å². The van der Waals surface area contributed by atoms with Crippen molar-refractivity contribution < 1.29 is 18.3 Å². The average Bonchev–Trinajstić information content (AvgIpc) is 3.83. The molecule has 0 aliphatic heterocycles. The molecule has 5 aromatic rings. The lowest BCUT2D eigenvalue weighted by atomic mass is 10.0. The standard InChI is InChI=1S/C40H48N4O4/c1-4-7-9-11-13-15-27-45-34-22-17-31(18-23-34)37-41-43-39(47-37)33-21-26-36(30(6-3)29-33)40-44-42-38(48-40)32-19-24-35(25-20-32)46-28-16-14-12-10-8-5-2/h6,17-26,29H,3-5,7-16,27-28H2,1-2H3. The molecule has 2 heterocycles. The zero-order valence-electron chi connectivity index (χ0n) is 28.5. The van der Waals surface area contributed by atoms with E-state index in [1.54, 1.807) is 6.08 Å². The summed E-state index contributed by atoms with van der Waals surface area (Å²) in [6, 6.07) is 21.3. The van der Waals surface area contributed by atoms with E-state index in [9.17, 15) is 0 Å². The van der Waals surface area contributed by atoms with Gasteiger partial charge < -0.3 is 18.3 Å². The van der Waals surface area contributed by atoms with Gasteiger partial charge in [-0.3, -0.25) is 0 Å². The van der Waals surface area contributed by atoms with Crippen molar-refractivity contribution in [2.75, 3.05) is 13.2 Å². The summed E-state index contributed by atoms with van der Waals surface area (Å²) in [7, 11) is 0. The van der Waals surface area contributed by atoms with Crippen LogP contribution in [-0.4, -0.2) is 33.6 Å². The van der Waals surface area contributed by atoms with Gasteiger partial charge in [0.25, 0.3) is 0 Å². The molecule has 0 aliphatic rings. The normalized spacial score (nSPS) is 11.1. The molecule has 0 saturated heterocycles. The molecule has 0 N–H and O–H groups in total. The molecule has 5 rings (SSSR count). The Bertz CT molecular complexity index is 1670. The highest BCUT2D eigenvalue weighted by Crippen LogP contribution is 2.32. The second-order valence-corrected chi connectivity index (χ2v) is 12.1. The number of nitrogens with zero attached hydrogens (tertiary/aromatic N) is 4. The third-order valence-corrected chi connectivity index (χ3v) is 8.33. The molecule has 2 aromatic heterocycles. The minimum atomic E-state index is 0.403. The Hall–Kier alpha value is -4.72. The first-order valence-corrected chi connectivity index (χ1v) is 17.6. The molecule has 48 heavy (non-hydrogen) atoms. The van der Waals surface area contributed by atoms with Crippen molar-refractivity contribution in [1.29, 1.82) is 0 Å². The third kappa shape index (κ3) is 9.89. The van der Waals surface area contributed by atoms with E-state index in [0.29, 0.717) is 23.6 Å². The van der Waals surface area contributed by atoms with Crippen LogP contribution >= 0.6 is 0 Å². The molecule has 0 bridgehead atoms. The fourth-order valence-electron chi connectivity index (χ4n) is 5.50. The second kappa shape index (κ2) is 18.6. The highest BCUT2D eigenvalue weighted by molar-refractivity contribution is 5.75. The van der Waals surface area contributed by atoms with Gasteiger partial charge in [-0.25, -0.2) is 0 Å². The van der Waals surface area contributed by atoms with Gasteiger partial charge in [-0.1, -0.05) is 90.7 Å². The van der Waals surface area contributed by atoms with Crippen molar-refractivity contribution in [3.05, 3.63) is 78.9 Å². The zero-order chi connectivity index (χ0) is 33.4. The Kier molecular flexibility index (Phi) is 13.4. The Labute approximate surface area is 284 Å². The van der Waals surface area contributed by atoms with Crippen LogP contribution in [-0.2, 0) is 0 Å². The number of ether oxygens (including phenoxy) is 2. The van der Waals surface area contributed by atoms with Gasteiger partial charge in [-0.15, -0.1) is 20.4 Å². The fourth-order valence-corrected chi connectivity index (χ4v) is 5.50. The molecular formula is C40H48N4O4. The number of rotatable bonds is 21. The minimum Gasteiger partial charge on any atom is -0.494 e. The zero-order valence-corrected chi connectivity index (χ0v) is 28.5. The van der Waals surface area contributed by atoms with Crippen LogP contribution in [0.25, 0.3) is 51.9 Å². The molecular weight excluding hydrogens is 600 g/mol. The third-order valence-electron chi connectivity index (χ3n) is 8.33. The van der Waals surface area contributed by atoms with Crippen LogP contribution in [0.15, 0.2) is 82.1 Å². The largest absolute Gasteiger partial charge is 0.494 e. The summed E-state index contributed by atoms with van der Waals surface area (Å²) in [6.07, 6.45) is 16.6. The maximum absolute atomic E-state index is 6.08. The number of hydrogen-bond acceptors (Lipinski definition) is 8. The van der Waals surface area contributed by atoms with E-state index in [1.165, 1.54) is 64.2 Å². The van der Waals surface area contributed by atoms with Crippen molar-refractivity contribution >= 4 is 6.08 Å². The van der Waals surface area contributed by atoms with E-state index < -0.39 is 0 Å². The number of unbranched alkanes of at least 4 members (excludes halogenated alkanes) is 10. The van der Waals surface area contributed by atoms with Gasteiger partial charge in [0.2, 0.25) is 23.6 Å². The van der Waals surface area contributed by atoms with Crippen molar-refractivity contribution in [1.82, 2.24) is 20.4 Å². The molecule has 0 aliphatic carbocycles. The summed E-state index contributed by atoms with van der Waals surface area (Å²) in [5.74, 6) is 3.37. The lowest BCUT2D eigenvalue weighted by Crippen LogP contribution is -1.97. The van der Waals surface area contributed by atoms with E-state index in [2.05, 4.69) is 40.8 Å². The Balaban J connectivity index is 1.16. The first-order chi connectivity index (χ1) is 23.7. The van der Waals surface area contributed by atoms with Gasteiger partial charge in [0.05, 0.1) is 13.2 Å². The molecule has 3 aromatic carbocycles. The van der Waals surface area contributed by atoms with E-state index in [1.807, 2.05) is 66.7 Å². The number of aromatic nitrogens is 4. The molecule has 0 saturated carbocycles. The van der Waals surface area contributed by atoms with Crippen molar-refractivity contribution in [3.8, 4) is 57.3 Å². The second-order valence-electron chi connectivity index (χ2n) is 12.1. The van der Waals surface area contributed by atoms with Crippen molar-refractivity contribution in [2.45, 2.75) is 90.9 Å². The first-order valence-electron chi connectivity index (χ1n) is 17.6. The summed E-state index contributed by atoms with van der Waals surface area (Å²) >= 11 is 0. The van der Waals surface area contributed by atoms with Crippen molar-refractivity contribution in [2.24, 2.45) is 0 Å². The van der Waals surface area contributed by atoms with Crippen LogP contribution in [0.5, 0.6) is 11.5 Å². The molecule has 0 spiro atoms. The summed E-state index contributed by atoms with van der Waals surface area (Å²) in [6.45, 7) is 9.92. The molecule has 252 valence electrons. The number of hydrogen-bond donors (Lipinski definition) is 0. The lowest BCUT2D eigenvalue weighted by Gasteiger charge is -2.06. The van der Waals surface area contributed by atoms with Gasteiger partial charge in [-0.05, 0) is 85.1 Å². The maximum Gasteiger partial charge on any atom is 0.248 e. The first kappa shape index (κ1) is 34.6. The summed E-state index contributed by atoms with van der Waals surface area (Å²) in [5, 5.41) is 17.2. The van der Waals surface area contributed by atoms with E-state index in [4.69, 9.17) is 18.3 Å². The van der Waals surface area contributed by atoms with Gasteiger partial charge in [-0.2, -0.15) is 0 Å². The Morgan fingerprint density at radius 3 is 1.44 bits per heavy atom.